The molecular weight excluding hydrogens is 533 g/mol. The molecule has 0 aliphatic heterocycles. The van der Waals surface area contributed by atoms with Gasteiger partial charge in [-0.25, -0.2) is 0 Å². The summed E-state index contributed by atoms with van der Waals surface area (Å²) in [6, 6.07) is 0. The number of carbonyl (C=O) groups is 1. The molecule has 7 heteroatoms. The first-order valence-corrected chi connectivity index (χ1v) is 23.8. The molecule has 0 amide bonds. The Morgan fingerprint density at radius 2 is 1.44 bits per heavy atom. The van der Waals surface area contributed by atoms with Crippen LogP contribution in [0.25, 0.3) is 0 Å². The van der Waals surface area contributed by atoms with E-state index < -0.39 is 24.7 Å². The smallest absolute Gasteiger partial charge is 0.305 e. The van der Waals surface area contributed by atoms with Crippen molar-refractivity contribution >= 4 is 30.7 Å². The highest BCUT2D eigenvalue weighted by atomic mass is 28.4. The summed E-state index contributed by atoms with van der Waals surface area (Å²) in [6.45, 7) is 31.5. The Morgan fingerprint density at radius 3 is 1.95 bits per heavy atom. The molecule has 0 aliphatic rings. The van der Waals surface area contributed by atoms with Gasteiger partial charge < -0.3 is 13.6 Å². The molecule has 0 aliphatic carbocycles. The lowest BCUT2D eigenvalue weighted by Gasteiger charge is -2.38. The van der Waals surface area contributed by atoms with E-state index in [1.807, 2.05) is 25.2 Å². The first-order chi connectivity index (χ1) is 17.6. The highest BCUT2D eigenvalue weighted by Crippen LogP contribution is 2.38. The van der Waals surface area contributed by atoms with Crippen molar-refractivity contribution in [1.82, 2.24) is 0 Å². The number of carbonyl (C=O) groups excluding carboxylic acids is 1. The Labute approximate surface area is 245 Å². The molecule has 0 fully saturated rings. The maximum Gasteiger partial charge on any atom is 0.305 e. The van der Waals surface area contributed by atoms with Crippen molar-refractivity contribution in [3.8, 4) is 23.3 Å². The monoisotopic (exact) mass is 590 g/mol. The standard InChI is InChI=1S/C32H58O4Si3/c1-15-34-30(33)26-20-24-28(35-38(11,12)31(2,3)4)22-18-16-17-19-23-29(25-21-27-37(8,9)10)36-39(13,14)32(5,6)7/h16-17,19,23,28-29H,15,20,24-26H2,1-14H3/b17-16+,23-19+/t28-,29-/m1/s1. The van der Waals surface area contributed by atoms with Gasteiger partial charge in [-0.2, -0.15) is 0 Å². The second kappa shape index (κ2) is 16.2. The van der Waals surface area contributed by atoms with Gasteiger partial charge in [0.05, 0.1) is 12.7 Å². The van der Waals surface area contributed by atoms with Crippen molar-refractivity contribution in [2.24, 2.45) is 0 Å². The van der Waals surface area contributed by atoms with E-state index >= 15 is 0 Å². The van der Waals surface area contributed by atoms with Crippen LogP contribution in [-0.4, -0.2) is 49.5 Å². The molecule has 0 N–H and O–H groups in total. The molecule has 0 aromatic carbocycles. The third kappa shape index (κ3) is 16.5. The van der Waals surface area contributed by atoms with Crippen LogP contribution in [0.1, 0.15) is 74.1 Å². The van der Waals surface area contributed by atoms with Crippen LogP contribution in [0.3, 0.4) is 0 Å². The second-order valence-electron chi connectivity index (χ2n) is 14.3. The zero-order valence-electron chi connectivity index (χ0n) is 27.6. The molecule has 0 saturated heterocycles. The summed E-state index contributed by atoms with van der Waals surface area (Å²) in [4.78, 5) is 11.8. The van der Waals surface area contributed by atoms with E-state index in [4.69, 9.17) is 13.6 Å². The number of ether oxygens (including phenoxy) is 1. The first-order valence-electron chi connectivity index (χ1n) is 14.5. The number of rotatable bonds is 12. The molecule has 0 saturated carbocycles. The average molecular weight is 591 g/mol. The van der Waals surface area contributed by atoms with Gasteiger partial charge in [-0.05, 0) is 62.1 Å². The minimum absolute atomic E-state index is 0.0371. The maximum atomic E-state index is 11.8. The lowest BCUT2D eigenvalue weighted by atomic mass is 10.1. The third-order valence-electron chi connectivity index (χ3n) is 7.28. The minimum atomic E-state index is -2.00. The fourth-order valence-corrected chi connectivity index (χ4v) is 6.06. The van der Waals surface area contributed by atoms with E-state index in [1.165, 1.54) is 0 Å². The highest BCUT2D eigenvalue weighted by Gasteiger charge is 2.39. The summed E-state index contributed by atoms with van der Waals surface area (Å²) in [6.07, 6.45) is 10.2. The van der Waals surface area contributed by atoms with Crippen LogP contribution >= 0.6 is 0 Å². The van der Waals surface area contributed by atoms with Gasteiger partial charge in [0, 0.05) is 12.8 Å². The number of esters is 1. The quantitative estimate of drug-likeness (QED) is 0.0985. The SMILES string of the molecule is CCOC(=O)CCC[C@@H](C#C/C=C/C=C/[C@H](CC#C[Si](C)(C)C)O[Si](C)(C)C(C)(C)C)O[Si](C)(C)C(C)(C)C. The van der Waals surface area contributed by atoms with Gasteiger partial charge in [-0.3, -0.25) is 4.79 Å². The van der Waals surface area contributed by atoms with Crippen molar-refractivity contribution in [2.45, 2.75) is 142 Å². The summed E-state index contributed by atoms with van der Waals surface area (Å²) in [5.41, 5.74) is 3.47. The zero-order chi connectivity index (χ0) is 30.5. The van der Waals surface area contributed by atoms with Gasteiger partial charge in [-0.1, -0.05) is 91.3 Å². The minimum Gasteiger partial charge on any atom is -0.466 e. The molecule has 0 unspecified atom stereocenters. The lowest BCUT2D eigenvalue weighted by Crippen LogP contribution is -2.43. The van der Waals surface area contributed by atoms with Crippen LogP contribution in [0.5, 0.6) is 0 Å². The molecule has 222 valence electrons. The summed E-state index contributed by atoms with van der Waals surface area (Å²) in [5, 5.41) is 0.225. The van der Waals surface area contributed by atoms with Crippen molar-refractivity contribution in [1.29, 1.82) is 0 Å². The zero-order valence-corrected chi connectivity index (χ0v) is 30.6. The molecule has 0 spiro atoms. The fourth-order valence-electron chi connectivity index (χ4n) is 2.91. The molecule has 0 aromatic heterocycles. The summed E-state index contributed by atoms with van der Waals surface area (Å²) in [7, 11) is -5.34. The van der Waals surface area contributed by atoms with E-state index in [1.54, 1.807) is 0 Å². The Kier molecular flexibility index (Phi) is 15.6. The normalized spacial score (nSPS) is 14.9. The Morgan fingerprint density at radius 1 is 0.872 bits per heavy atom. The molecule has 0 aromatic rings. The van der Waals surface area contributed by atoms with Gasteiger partial charge >= 0.3 is 5.97 Å². The number of allylic oxidation sites excluding steroid dienone is 3. The number of hydrogen-bond acceptors (Lipinski definition) is 4. The van der Waals surface area contributed by atoms with Crippen LogP contribution in [-0.2, 0) is 18.4 Å². The Hall–Kier alpha value is -1.36. The first kappa shape index (κ1) is 37.6. The summed E-state index contributed by atoms with van der Waals surface area (Å²) in [5.74, 6) is 9.71. The molecule has 2 atom stereocenters. The highest BCUT2D eigenvalue weighted by molar-refractivity contribution is 6.83. The van der Waals surface area contributed by atoms with Crippen LogP contribution in [0.4, 0.5) is 0 Å². The summed E-state index contributed by atoms with van der Waals surface area (Å²) >= 11 is 0. The predicted octanol–water partition coefficient (Wildman–Crippen LogP) is 8.89. The van der Waals surface area contributed by atoms with Crippen LogP contribution in [0, 0.1) is 23.3 Å². The van der Waals surface area contributed by atoms with E-state index in [0.29, 0.717) is 32.3 Å². The maximum absolute atomic E-state index is 11.8. The Bertz CT molecular complexity index is 937. The van der Waals surface area contributed by atoms with Crippen molar-refractivity contribution in [2.75, 3.05) is 6.61 Å². The molecule has 0 radical (unpaired) electrons. The topological polar surface area (TPSA) is 44.8 Å². The van der Waals surface area contributed by atoms with Crippen LogP contribution in [0.15, 0.2) is 24.3 Å². The lowest BCUT2D eigenvalue weighted by molar-refractivity contribution is -0.143. The molecule has 0 rings (SSSR count). The molecular formula is C32H58O4Si3. The van der Waals surface area contributed by atoms with Gasteiger partial charge in [0.15, 0.2) is 16.6 Å². The average Bonchev–Trinajstić information content (AvgIpc) is 2.73. The molecule has 4 nitrogen and oxygen atoms in total. The van der Waals surface area contributed by atoms with Crippen molar-refractivity contribution in [3.05, 3.63) is 24.3 Å². The van der Waals surface area contributed by atoms with Gasteiger partial charge in [0.25, 0.3) is 0 Å². The molecule has 0 heterocycles. The van der Waals surface area contributed by atoms with Crippen LogP contribution in [0.2, 0.25) is 55.9 Å². The molecule has 39 heavy (non-hydrogen) atoms. The predicted molar refractivity (Wildman–Crippen MR) is 176 cm³/mol. The summed E-state index contributed by atoms with van der Waals surface area (Å²) < 4.78 is 18.3. The van der Waals surface area contributed by atoms with E-state index in [9.17, 15) is 4.79 Å². The van der Waals surface area contributed by atoms with Gasteiger partial charge in [-0.15, -0.1) is 11.5 Å². The Balaban J connectivity index is 5.60. The number of hydrogen-bond donors (Lipinski definition) is 0. The van der Waals surface area contributed by atoms with E-state index in [0.717, 1.165) is 0 Å². The van der Waals surface area contributed by atoms with Crippen molar-refractivity contribution < 1.29 is 18.4 Å². The second-order valence-corrected chi connectivity index (χ2v) is 28.5. The third-order valence-corrected chi connectivity index (χ3v) is 17.2. The van der Waals surface area contributed by atoms with Crippen molar-refractivity contribution in [3.63, 3.8) is 0 Å². The van der Waals surface area contributed by atoms with Gasteiger partial charge in [0.1, 0.15) is 14.2 Å². The van der Waals surface area contributed by atoms with Gasteiger partial charge in [0.2, 0.25) is 0 Å². The molecule has 0 bridgehead atoms. The van der Waals surface area contributed by atoms with E-state index in [-0.39, 0.29) is 28.3 Å². The van der Waals surface area contributed by atoms with Crippen LogP contribution < -0.4 is 0 Å². The fraction of sp³-hybridized carbons (Fsp3) is 0.719. The largest absolute Gasteiger partial charge is 0.466 e. The van der Waals surface area contributed by atoms with E-state index in [2.05, 4.69) is 117 Å².